The summed E-state index contributed by atoms with van der Waals surface area (Å²) in [7, 11) is 0. The number of esters is 1. The average Bonchev–Trinajstić information content (AvgIpc) is 2.49. The summed E-state index contributed by atoms with van der Waals surface area (Å²) < 4.78 is 10.9. The maximum Gasteiger partial charge on any atom is 0.314 e. The van der Waals surface area contributed by atoms with Gasteiger partial charge in [0.2, 0.25) is 0 Å². The quantitative estimate of drug-likeness (QED) is 0.592. The number of hydrogen-bond donors (Lipinski definition) is 0. The SMILES string of the molecule is CCOC(CC(=O)Oc1ccccc1)c1ccccc1. The highest BCUT2D eigenvalue weighted by atomic mass is 16.5. The van der Waals surface area contributed by atoms with E-state index in [0.29, 0.717) is 12.4 Å². The molecule has 3 nitrogen and oxygen atoms in total. The Morgan fingerprint density at radius 1 is 1.00 bits per heavy atom. The van der Waals surface area contributed by atoms with E-state index in [0.717, 1.165) is 5.56 Å². The molecule has 3 heteroatoms. The minimum Gasteiger partial charge on any atom is -0.426 e. The van der Waals surface area contributed by atoms with Gasteiger partial charge >= 0.3 is 5.97 Å². The smallest absolute Gasteiger partial charge is 0.314 e. The van der Waals surface area contributed by atoms with Crippen LogP contribution in [0.3, 0.4) is 0 Å². The number of carbonyl (C=O) groups excluding carboxylic acids is 1. The number of benzene rings is 2. The molecule has 0 saturated carbocycles. The Kier molecular flexibility index (Phi) is 5.33. The van der Waals surface area contributed by atoms with Crippen LogP contribution in [-0.4, -0.2) is 12.6 Å². The number of para-hydroxylation sites is 1. The third kappa shape index (κ3) is 4.21. The Labute approximate surface area is 119 Å². The number of ether oxygens (including phenoxy) is 2. The number of hydrogen-bond acceptors (Lipinski definition) is 3. The fourth-order valence-corrected chi connectivity index (χ4v) is 1.95. The van der Waals surface area contributed by atoms with E-state index in [1.165, 1.54) is 0 Å². The lowest BCUT2D eigenvalue weighted by atomic mass is 10.1. The van der Waals surface area contributed by atoms with E-state index in [2.05, 4.69) is 0 Å². The topological polar surface area (TPSA) is 35.5 Å². The summed E-state index contributed by atoms with van der Waals surface area (Å²) in [6, 6.07) is 18.8. The van der Waals surface area contributed by atoms with Crippen LogP contribution >= 0.6 is 0 Å². The highest BCUT2D eigenvalue weighted by molar-refractivity contribution is 5.73. The minimum absolute atomic E-state index is 0.201. The van der Waals surface area contributed by atoms with Gasteiger partial charge in [-0.2, -0.15) is 0 Å². The molecular weight excluding hydrogens is 252 g/mol. The Bertz CT molecular complexity index is 522. The lowest BCUT2D eigenvalue weighted by molar-refractivity contribution is -0.137. The first-order valence-electron chi connectivity index (χ1n) is 6.72. The van der Waals surface area contributed by atoms with Gasteiger partial charge in [-0.15, -0.1) is 0 Å². The van der Waals surface area contributed by atoms with Gasteiger partial charge in [-0.1, -0.05) is 48.5 Å². The molecule has 1 atom stereocenters. The lowest BCUT2D eigenvalue weighted by Crippen LogP contribution is -2.15. The second kappa shape index (κ2) is 7.46. The van der Waals surface area contributed by atoms with E-state index < -0.39 is 0 Å². The average molecular weight is 270 g/mol. The lowest BCUT2D eigenvalue weighted by Gasteiger charge is -2.16. The van der Waals surface area contributed by atoms with Gasteiger partial charge < -0.3 is 9.47 Å². The number of rotatable bonds is 6. The first-order chi connectivity index (χ1) is 9.79. The van der Waals surface area contributed by atoms with Crippen molar-refractivity contribution in [1.82, 2.24) is 0 Å². The predicted octanol–water partition coefficient (Wildman–Crippen LogP) is 3.76. The van der Waals surface area contributed by atoms with Crippen LogP contribution in [0.5, 0.6) is 5.75 Å². The molecule has 2 aromatic carbocycles. The monoisotopic (exact) mass is 270 g/mol. The molecule has 104 valence electrons. The molecule has 0 aromatic heterocycles. The molecule has 0 heterocycles. The second-order valence-corrected chi connectivity index (χ2v) is 4.35. The largest absolute Gasteiger partial charge is 0.426 e. The van der Waals surface area contributed by atoms with Crippen LogP contribution < -0.4 is 4.74 Å². The summed E-state index contributed by atoms with van der Waals surface area (Å²) in [5, 5.41) is 0. The molecule has 0 aliphatic heterocycles. The van der Waals surface area contributed by atoms with Crippen LogP contribution in [0.25, 0.3) is 0 Å². The zero-order valence-electron chi connectivity index (χ0n) is 11.5. The molecule has 0 spiro atoms. The van der Waals surface area contributed by atoms with Crippen LogP contribution in [0.4, 0.5) is 0 Å². The first kappa shape index (κ1) is 14.3. The van der Waals surface area contributed by atoms with Gasteiger partial charge in [0.05, 0.1) is 12.5 Å². The van der Waals surface area contributed by atoms with Crippen molar-refractivity contribution in [3.63, 3.8) is 0 Å². The van der Waals surface area contributed by atoms with Crippen LogP contribution in [0.2, 0.25) is 0 Å². The van der Waals surface area contributed by atoms with Crippen LogP contribution in [0.1, 0.15) is 25.0 Å². The Balaban J connectivity index is 1.99. The summed E-state index contributed by atoms with van der Waals surface area (Å²) in [4.78, 5) is 12.0. The molecule has 0 N–H and O–H groups in total. The maximum absolute atomic E-state index is 12.0. The molecule has 2 rings (SSSR count). The standard InChI is InChI=1S/C17H18O3/c1-2-19-16(14-9-5-3-6-10-14)13-17(18)20-15-11-7-4-8-12-15/h3-12,16H,2,13H2,1H3. The summed E-state index contributed by atoms with van der Waals surface area (Å²) in [5.41, 5.74) is 0.986. The van der Waals surface area contributed by atoms with Crippen molar-refractivity contribution in [2.24, 2.45) is 0 Å². The molecule has 2 aromatic rings. The first-order valence-corrected chi connectivity index (χ1v) is 6.72. The van der Waals surface area contributed by atoms with Crippen molar-refractivity contribution < 1.29 is 14.3 Å². The van der Waals surface area contributed by atoms with Crippen molar-refractivity contribution in [3.8, 4) is 5.75 Å². The molecule has 0 aliphatic rings. The van der Waals surface area contributed by atoms with Gasteiger partial charge in [-0.3, -0.25) is 4.79 Å². The van der Waals surface area contributed by atoms with Crippen molar-refractivity contribution in [3.05, 3.63) is 66.2 Å². The molecule has 20 heavy (non-hydrogen) atoms. The van der Waals surface area contributed by atoms with E-state index in [-0.39, 0.29) is 18.5 Å². The van der Waals surface area contributed by atoms with Crippen LogP contribution in [0.15, 0.2) is 60.7 Å². The van der Waals surface area contributed by atoms with Crippen LogP contribution in [-0.2, 0) is 9.53 Å². The van der Waals surface area contributed by atoms with Crippen LogP contribution in [0, 0.1) is 0 Å². The second-order valence-electron chi connectivity index (χ2n) is 4.35. The van der Waals surface area contributed by atoms with Gasteiger partial charge in [0.15, 0.2) is 0 Å². The summed E-state index contributed by atoms with van der Waals surface area (Å²) in [6.45, 7) is 2.47. The van der Waals surface area contributed by atoms with E-state index in [9.17, 15) is 4.79 Å². The Hall–Kier alpha value is -2.13. The van der Waals surface area contributed by atoms with Gasteiger partial charge in [-0.25, -0.2) is 0 Å². The normalized spacial score (nSPS) is 11.8. The molecular formula is C17H18O3. The van der Waals surface area contributed by atoms with E-state index in [4.69, 9.17) is 9.47 Å². The summed E-state index contributed by atoms with van der Waals surface area (Å²) in [6.07, 6.45) is -0.0651. The summed E-state index contributed by atoms with van der Waals surface area (Å²) >= 11 is 0. The third-order valence-corrected chi connectivity index (χ3v) is 2.87. The molecule has 0 fully saturated rings. The minimum atomic E-state index is -0.293. The zero-order valence-corrected chi connectivity index (χ0v) is 11.5. The van der Waals surface area contributed by atoms with E-state index in [1.807, 2.05) is 55.5 Å². The molecule has 0 bridgehead atoms. The van der Waals surface area contributed by atoms with E-state index in [1.54, 1.807) is 12.1 Å². The van der Waals surface area contributed by atoms with Crippen molar-refractivity contribution in [2.45, 2.75) is 19.4 Å². The van der Waals surface area contributed by atoms with Crippen molar-refractivity contribution >= 4 is 5.97 Å². The molecule has 0 saturated heterocycles. The Morgan fingerprint density at radius 3 is 2.20 bits per heavy atom. The predicted molar refractivity (Wildman–Crippen MR) is 77.5 cm³/mol. The Morgan fingerprint density at radius 2 is 1.60 bits per heavy atom. The third-order valence-electron chi connectivity index (χ3n) is 2.87. The fraction of sp³-hybridized carbons (Fsp3) is 0.235. The maximum atomic E-state index is 12.0. The van der Waals surface area contributed by atoms with Crippen molar-refractivity contribution in [2.75, 3.05) is 6.61 Å². The zero-order chi connectivity index (χ0) is 14.2. The number of carbonyl (C=O) groups is 1. The molecule has 0 radical (unpaired) electrons. The molecule has 0 aliphatic carbocycles. The van der Waals surface area contributed by atoms with Gasteiger partial charge in [-0.05, 0) is 24.6 Å². The molecule has 0 amide bonds. The summed E-state index contributed by atoms with van der Waals surface area (Å²) in [5.74, 6) is 0.263. The van der Waals surface area contributed by atoms with Gasteiger partial charge in [0, 0.05) is 6.61 Å². The van der Waals surface area contributed by atoms with Gasteiger partial charge in [0.1, 0.15) is 5.75 Å². The highest BCUT2D eigenvalue weighted by Crippen LogP contribution is 2.22. The van der Waals surface area contributed by atoms with Gasteiger partial charge in [0.25, 0.3) is 0 Å². The van der Waals surface area contributed by atoms with E-state index >= 15 is 0 Å². The van der Waals surface area contributed by atoms with Crippen molar-refractivity contribution in [1.29, 1.82) is 0 Å². The fourth-order valence-electron chi connectivity index (χ4n) is 1.95. The molecule has 1 unspecified atom stereocenters. The highest BCUT2D eigenvalue weighted by Gasteiger charge is 2.17.